The van der Waals surface area contributed by atoms with Crippen LogP contribution in [0.2, 0.25) is 0 Å². The third kappa shape index (κ3) is 11.1. The normalized spacial score (nSPS) is 49.7. The third-order valence-corrected chi connectivity index (χ3v) is 13.3. The number of carbonyl (C=O) groups excluding carboxylic acids is 1. The van der Waals surface area contributed by atoms with Crippen LogP contribution in [0.1, 0.15) is 99.0 Å². The average Bonchev–Trinajstić information content (AvgIpc) is 3.18. The van der Waals surface area contributed by atoms with Crippen LogP contribution in [-0.2, 0) is 47.4 Å². The molecule has 0 aromatic rings. The summed E-state index contributed by atoms with van der Waals surface area (Å²) in [7, 11) is 4.48. The Morgan fingerprint density at radius 3 is 2.28 bits per heavy atom. The molecule has 4 saturated heterocycles. The van der Waals surface area contributed by atoms with Crippen molar-refractivity contribution in [3.05, 3.63) is 0 Å². The number of hydrogen-bond donors (Lipinski definition) is 5. The van der Waals surface area contributed by atoms with Gasteiger partial charge in [-0.15, -0.1) is 0 Å². The van der Waals surface area contributed by atoms with Crippen LogP contribution in [0.25, 0.3) is 0 Å². The van der Waals surface area contributed by atoms with Crippen LogP contribution >= 0.6 is 0 Å². The summed E-state index contributed by atoms with van der Waals surface area (Å²) < 4.78 is 79.7. The van der Waals surface area contributed by atoms with Crippen molar-refractivity contribution in [1.82, 2.24) is 10.2 Å². The van der Waals surface area contributed by atoms with Crippen molar-refractivity contribution >= 4 is 5.97 Å². The molecule has 20 atom stereocenters. The fourth-order valence-electron chi connectivity index (χ4n) is 9.89. The number of methoxy groups -OCH3 is 2. The first-order chi connectivity index (χ1) is 28.2. The van der Waals surface area contributed by atoms with E-state index in [1.807, 2.05) is 20.8 Å². The molecule has 0 amide bonds. The van der Waals surface area contributed by atoms with Gasteiger partial charge in [-0.3, -0.25) is 10.1 Å². The minimum atomic E-state index is -2.53. The minimum absolute atomic E-state index is 0.0803. The van der Waals surface area contributed by atoms with Gasteiger partial charge in [0.05, 0.1) is 67.5 Å². The van der Waals surface area contributed by atoms with E-state index in [1.165, 1.54) is 14.2 Å². The molecule has 0 saturated carbocycles. The lowest BCUT2D eigenvalue weighted by Crippen LogP contribution is -2.67. The van der Waals surface area contributed by atoms with E-state index >= 15 is 0 Å². The lowest BCUT2D eigenvalue weighted by Gasteiger charge is -2.52. The highest BCUT2D eigenvalue weighted by Gasteiger charge is 2.55. The van der Waals surface area contributed by atoms with Crippen molar-refractivity contribution in [1.29, 1.82) is 0 Å². The Bertz CT molecular complexity index is 1400. The second-order valence-corrected chi connectivity index (χ2v) is 18.2. The SMILES string of the molecule is [2H][13C]([2H])([2H])N(C)[C@H]1C[C@@H](C)O[C@@H](O[C@@H]2[C@@H](C)[C@H](O[C@H]3C[C@@](C)(OC)[C@@H](O)[C@H](C)O3)[C@@H](C)C(=O)O[C@H](CC)[C@@](C)(O)[C@@H]3O[C@H](COCCOC)N[C@H](C3C)[C@H](C)C[C@@]2(C)O)[C@@H]1O. The highest BCUT2D eigenvalue weighted by Crippen LogP contribution is 2.43. The molecule has 340 valence electrons. The van der Waals surface area contributed by atoms with Crippen LogP contribution in [-0.4, -0.2) is 176 Å². The van der Waals surface area contributed by atoms with Gasteiger partial charge in [-0.05, 0) is 80.7 Å². The van der Waals surface area contributed by atoms with Crippen LogP contribution in [0.15, 0.2) is 0 Å². The Morgan fingerprint density at radius 1 is 0.966 bits per heavy atom. The number of nitrogens with one attached hydrogen (secondary N) is 1. The predicted molar refractivity (Wildman–Crippen MR) is 214 cm³/mol. The second-order valence-electron chi connectivity index (χ2n) is 18.2. The van der Waals surface area contributed by atoms with Crippen LogP contribution < -0.4 is 5.32 Å². The number of carbonyl (C=O) groups is 1. The second kappa shape index (κ2) is 20.4. The summed E-state index contributed by atoms with van der Waals surface area (Å²) >= 11 is 0. The molecule has 58 heavy (non-hydrogen) atoms. The lowest BCUT2D eigenvalue weighted by molar-refractivity contribution is -0.318. The lowest BCUT2D eigenvalue weighted by atomic mass is 9.71. The van der Waals surface area contributed by atoms with Crippen LogP contribution in [0, 0.1) is 23.7 Å². The van der Waals surface area contributed by atoms with Gasteiger partial charge in [0.1, 0.15) is 30.1 Å². The van der Waals surface area contributed by atoms with Crippen molar-refractivity contribution < 1.29 is 72.0 Å². The van der Waals surface area contributed by atoms with Gasteiger partial charge in [0.15, 0.2) is 12.6 Å². The van der Waals surface area contributed by atoms with Gasteiger partial charge >= 0.3 is 5.97 Å². The number of hydrogen-bond acceptors (Lipinski definition) is 16. The first kappa shape index (κ1) is 44.9. The molecule has 5 N–H and O–H groups in total. The van der Waals surface area contributed by atoms with Crippen molar-refractivity contribution in [3.8, 4) is 0 Å². The highest BCUT2D eigenvalue weighted by atomic mass is 16.7. The Hall–Kier alpha value is -1.09. The Labute approximate surface area is 351 Å². The molecule has 2 bridgehead atoms. The molecule has 4 aliphatic rings. The number of esters is 1. The number of likely N-dealkylation sites (N-methyl/N-ethyl adjacent to an activating group) is 1. The Balaban J connectivity index is 1.85. The van der Waals surface area contributed by atoms with E-state index in [0.29, 0.717) is 13.2 Å². The van der Waals surface area contributed by atoms with Gasteiger partial charge in [-0.1, -0.05) is 27.7 Å². The third-order valence-electron chi connectivity index (χ3n) is 13.3. The summed E-state index contributed by atoms with van der Waals surface area (Å²) in [5.41, 5.74) is -4.50. The van der Waals surface area contributed by atoms with Crippen LogP contribution in [0.4, 0.5) is 0 Å². The molecule has 4 rings (SSSR count). The van der Waals surface area contributed by atoms with Gasteiger partial charge in [0.25, 0.3) is 0 Å². The first-order valence-electron chi connectivity index (χ1n) is 22.6. The van der Waals surface area contributed by atoms with E-state index in [4.69, 9.17) is 46.7 Å². The summed E-state index contributed by atoms with van der Waals surface area (Å²) in [6.07, 6.45) is -10.4. The largest absolute Gasteiger partial charge is 0.459 e. The number of cyclic esters (lactones) is 1. The highest BCUT2D eigenvalue weighted by molar-refractivity contribution is 5.73. The molecule has 0 radical (unpaired) electrons. The van der Waals surface area contributed by atoms with Crippen molar-refractivity contribution in [2.75, 3.05) is 48.1 Å². The zero-order valence-corrected chi connectivity index (χ0v) is 37.1. The van der Waals surface area contributed by atoms with E-state index in [1.54, 1.807) is 55.6 Å². The monoisotopic (exact) mass is 839 g/mol. The van der Waals surface area contributed by atoms with E-state index < -0.39 is 115 Å². The maximum atomic E-state index is 14.5. The van der Waals surface area contributed by atoms with Gasteiger partial charge in [-0.25, -0.2) is 0 Å². The zero-order valence-electron chi connectivity index (χ0n) is 40.1. The predicted octanol–water partition coefficient (Wildman–Crippen LogP) is 2.20. The summed E-state index contributed by atoms with van der Waals surface area (Å²) in [6.45, 7) is 15.8. The topological polar surface area (TPSA) is 196 Å². The number of fused-ring (bicyclic) bond motifs is 2. The standard InChI is InChI=1S/C42H78N2O14/c1-15-29-42(10,49)37-24(4)32(43-30(56-37)21-52-17-16-50-13)22(2)19-40(8,48)36(58-39-33(45)28(44(11)12)18-23(3)53-39)25(5)34(26(6)38(47)55-29)57-31-20-41(9,51-14)35(46)27(7)54-31/h22-37,39,43,45-46,48-49H,15-21H2,1-14H3/t22-,23-,24?,25+,26-,27+,28+,29-,30-,31+,32+,33-,34+,35+,36-,37-,39+,40-,41-,42-/m1/s1/i11+1D3. The maximum absolute atomic E-state index is 14.5. The van der Waals surface area contributed by atoms with E-state index in [2.05, 4.69) is 5.32 Å². The van der Waals surface area contributed by atoms with Crippen LogP contribution in [0.5, 0.6) is 0 Å². The van der Waals surface area contributed by atoms with Gasteiger partial charge in [0, 0.05) is 48.7 Å². The molecule has 16 nitrogen and oxygen atoms in total. The summed E-state index contributed by atoms with van der Waals surface area (Å²) in [4.78, 5) is 15.7. The summed E-state index contributed by atoms with van der Waals surface area (Å²) in [5, 5.41) is 51.7. The summed E-state index contributed by atoms with van der Waals surface area (Å²) in [6, 6.07) is -1.27. The Morgan fingerprint density at radius 2 is 1.66 bits per heavy atom. The van der Waals surface area contributed by atoms with Crippen molar-refractivity contribution in [3.63, 3.8) is 0 Å². The number of aliphatic hydroxyl groups excluding tert-OH is 2. The average molecular weight is 839 g/mol. The van der Waals surface area contributed by atoms with E-state index in [9.17, 15) is 25.2 Å². The summed E-state index contributed by atoms with van der Waals surface area (Å²) in [5.74, 6) is -3.37. The van der Waals surface area contributed by atoms with E-state index in [-0.39, 0.29) is 50.2 Å². The first-order valence-corrected chi connectivity index (χ1v) is 21.1. The van der Waals surface area contributed by atoms with Crippen molar-refractivity contribution in [2.45, 2.75) is 191 Å². The molecule has 4 fully saturated rings. The van der Waals surface area contributed by atoms with Crippen LogP contribution in [0.3, 0.4) is 0 Å². The zero-order chi connectivity index (χ0) is 46.0. The molecule has 0 aromatic heterocycles. The number of ether oxygens (including phenoxy) is 9. The number of aliphatic hydroxyl groups is 4. The molecular formula is C42H78N2O14. The minimum Gasteiger partial charge on any atom is -0.459 e. The van der Waals surface area contributed by atoms with Crippen molar-refractivity contribution in [2.24, 2.45) is 23.7 Å². The fourth-order valence-corrected chi connectivity index (χ4v) is 9.89. The Kier molecular flexibility index (Phi) is 15.8. The number of nitrogens with zero attached hydrogens (tertiary/aromatic N) is 1. The molecule has 16 heteroatoms. The molecule has 4 heterocycles. The van der Waals surface area contributed by atoms with Gasteiger partial charge in [0.2, 0.25) is 0 Å². The fraction of sp³-hybridized carbons (Fsp3) is 0.976. The van der Waals surface area contributed by atoms with Gasteiger partial charge in [-0.2, -0.15) is 0 Å². The maximum Gasteiger partial charge on any atom is 0.311 e. The van der Waals surface area contributed by atoms with Gasteiger partial charge < -0.3 is 68.0 Å². The number of rotatable bonds is 12. The molecule has 4 aliphatic heterocycles. The molecular weight excluding hydrogens is 757 g/mol. The molecule has 1 unspecified atom stereocenters. The van der Waals surface area contributed by atoms with E-state index in [0.717, 1.165) is 4.90 Å². The molecule has 0 aromatic carbocycles. The molecule has 0 aliphatic carbocycles. The molecule has 0 spiro atoms. The smallest absolute Gasteiger partial charge is 0.311 e. The quantitative estimate of drug-likeness (QED) is 0.109.